The number of ether oxygens (including phenoxy) is 2. The molecule has 20 heavy (non-hydrogen) atoms. The molecule has 0 spiro atoms. The van der Waals surface area contributed by atoms with E-state index in [4.69, 9.17) is 9.47 Å². The lowest BCUT2D eigenvalue weighted by Crippen LogP contribution is -2.29. The summed E-state index contributed by atoms with van der Waals surface area (Å²) in [4.78, 5) is 2.62. The van der Waals surface area contributed by atoms with Crippen molar-refractivity contribution in [3.63, 3.8) is 0 Å². The van der Waals surface area contributed by atoms with Crippen LogP contribution in [0.4, 0.5) is 0 Å². The maximum Gasteiger partial charge on any atom is 0.165 e. The van der Waals surface area contributed by atoms with Crippen LogP contribution in [0.25, 0.3) is 0 Å². The van der Waals surface area contributed by atoms with E-state index in [0.29, 0.717) is 6.04 Å². The van der Waals surface area contributed by atoms with E-state index < -0.39 is 0 Å². The highest BCUT2D eigenvalue weighted by atomic mass is 35.5. The Morgan fingerprint density at radius 2 is 1.80 bits per heavy atom. The molecule has 4 heteroatoms. The summed E-state index contributed by atoms with van der Waals surface area (Å²) in [5.74, 6) is 1.82. The van der Waals surface area contributed by atoms with Crippen LogP contribution in [0, 0.1) is 0 Å². The van der Waals surface area contributed by atoms with Gasteiger partial charge in [0.25, 0.3) is 0 Å². The van der Waals surface area contributed by atoms with Crippen molar-refractivity contribution < 1.29 is 9.47 Å². The predicted octanol–water partition coefficient (Wildman–Crippen LogP) is 3.60. The zero-order valence-electron chi connectivity index (χ0n) is 12.4. The van der Waals surface area contributed by atoms with Gasteiger partial charge in [-0.1, -0.05) is 6.07 Å². The Bertz CT molecular complexity index is 458. The topological polar surface area (TPSA) is 21.7 Å². The fourth-order valence-electron chi connectivity index (χ4n) is 3.62. The molecule has 0 amide bonds. The Morgan fingerprint density at radius 1 is 1.05 bits per heavy atom. The fraction of sp³-hybridized carbons (Fsp3) is 0.625. The van der Waals surface area contributed by atoms with E-state index in [1.165, 1.54) is 56.3 Å². The standard InChI is InChI=1S/C16H23NO2.ClH/c1-18-14-9-8-12-6-5-7-13(15(12)16(14)19-2)17-10-3-4-11-17;/h8-9,13H,3-7,10-11H2,1-2H3;1H. The van der Waals surface area contributed by atoms with Crippen molar-refractivity contribution in [3.8, 4) is 11.5 Å². The Morgan fingerprint density at radius 3 is 2.45 bits per heavy atom. The predicted molar refractivity (Wildman–Crippen MR) is 83.3 cm³/mol. The summed E-state index contributed by atoms with van der Waals surface area (Å²) in [5, 5.41) is 0. The molecule has 1 atom stereocenters. The van der Waals surface area contributed by atoms with Gasteiger partial charge in [-0.15, -0.1) is 12.4 Å². The lowest BCUT2D eigenvalue weighted by atomic mass is 9.86. The molecule has 1 aromatic carbocycles. The lowest BCUT2D eigenvalue weighted by Gasteiger charge is -2.34. The number of hydrogen-bond acceptors (Lipinski definition) is 3. The summed E-state index contributed by atoms with van der Waals surface area (Å²) in [7, 11) is 3.48. The van der Waals surface area contributed by atoms with Crippen molar-refractivity contribution in [1.82, 2.24) is 4.90 Å². The van der Waals surface area contributed by atoms with Crippen molar-refractivity contribution in [2.45, 2.75) is 38.1 Å². The number of halogens is 1. The third-order valence-electron chi connectivity index (χ3n) is 4.51. The van der Waals surface area contributed by atoms with Crippen molar-refractivity contribution >= 4 is 12.4 Å². The molecule has 1 aliphatic heterocycles. The van der Waals surface area contributed by atoms with Crippen LogP contribution >= 0.6 is 12.4 Å². The first kappa shape index (κ1) is 15.5. The minimum atomic E-state index is 0. The molecule has 1 saturated heterocycles. The molecule has 2 aliphatic rings. The van der Waals surface area contributed by atoms with Crippen molar-refractivity contribution in [2.24, 2.45) is 0 Å². The Hall–Kier alpha value is -0.930. The Kier molecular flexibility index (Phi) is 5.17. The number of benzene rings is 1. The number of methoxy groups -OCH3 is 2. The van der Waals surface area contributed by atoms with E-state index in [2.05, 4.69) is 11.0 Å². The van der Waals surface area contributed by atoms with Gasteiger partial charge in [0.05, 0.1) is 14.2 Å². The van der Waals surface area contributed by atoms with Crippen LogP contribution in [0.1, 0.15) is 42.9 Å². The van der Waals surface area contributed by atoms with Crippen LogP contribution in [0.2, 0.25) is 0 Å². The molecule has 0 saturated carbocycles. The SMILES string of the molecule is COc1ccc2c(c1OC)C(N1CCCC1)CCC2.Cl. The number of likely N-dealkylation sites (tertiary alicyclic amines) is 1. The molecule has 3 rings (SSSR count). The molecule has 1 unspecified atom stereocenters. The highest BCUT2D eigenvalue weighted by Gasteiger charge is 2.31. The summed E-state index contributed by atoms with van der Waals surface area (Å²) in [5.41, 5.74) is 2.83. The summed E-state index contributed by atoms with van der Waals surface area (Å²) in [6.07, 6.45) is 6.36. The van der Waals surface area contributed by atoms with E-state index in [-0.39, 0.29) is 12.4 Å². The molecule has 1 fully saturated rings. The van der Waals surface area contributed by atoms with Gasteiger partial charge >= 0.3 is 0 Å². The van der Waals surface area contributed by atoms with Gasteiger partial charge in [0.15, 0.2) is 11.5 Å². The summed E-state index contributed by atoms with van der Waals surface area (Å²) in [6.45, 7) is 2.45. The first-order valence-electron chi connectivity index (χ1n) is 7.33. The van der Waals surface area contributed by atoms with E-state index >= 15 is 0 Å². The summed E-state index contributed by atoms with van der Waals surface area (Å²) in [6, 6.07) is 4.79. The van der Waals surface area contributed by atoms with Gasteiger partial charge in [-0.3, -0.25) is 4.90 Å². The fourth-order valence-corrected chi connectivity index (χ4v) is 3.62. The molecule has 0 radical (unpaired) electrons. The maximum absolute atomic E-state index is 5.67. The zero-order valence-corrected chi connectivity index (χ0v) is 13.2. The number of nitrogens with zero attached hydrogens (tertiary/aromatic N) is 1. The molecular formula is C16H24ClNO2. The highest BCUT2D eigenvalue weighted by molar-refractivity contribution is 5.85. The molecule has 0 bridgehead atoms. The van der Waals surface area contributed by atoms with Crippen LogP contribution in [0.5, 0.6) is 11.5 Å². The lowest BCUT2D eigenvalue weighted by molar-refractivity contribution is 0.214. The molecule has 3 nitrogen and oxygen atoms in total. The summed E-state index contributed by atoms with van der Waals surface area (Å²) < 4.78 is 11.1. The Balaban J connectivity index is 0.00000147. The third kappa shape index (κ3) is 2.61. The van der Waals surface area contributed by atoms with Crippen LogP contribution in [-0.4, -0.2) is 32.2 Å². The number of rotatable bonds is 3. The minimum absolute atomic E-state index is 0. The van der Waals surface area contributed by atoms with Crippen molar-refractivity contribution in [2.75, 3.05) is 27.3 Å². The van der Waals surface area contributed by atoms with Crippen molar-refractivity contribution in [1.29, 1.82) is 0 Å². The molecule has 0 N–H and O–H groups in total. The second-order valence-electron chi connectivity index (χ2n) is 5.52. The first-order chi connectivity index (χ1) is 9.35. The molecular weight excluding hydrogens is 274 g/mol. The number of fused-ring (bicyclic) bond motifs is 1. The molecule has 1 aromatic rings. The van der Waals surface area contributed by atoms with Gasteiger partial charge in [-0.25, -0.2) is 0 Å². The van der Waals surface area contributed by atoms with Gasteiger partial charge in [-0.05, 0) is 56.8 Å². The van der Waals surface area contributed by atoms with Crippen LogP contribution in [-0.2, 0) is 6.42 Å². The molecule has 1 heterocycles. The number of aryl methyl sites for hydroxylation is 1. The van der Waals surface area contributed by atoms with E-state index in [9.17, 15) is 0 Å². The molecule has 0 aromatic heterocycles. The van der Waals surface area contributed by atoms with Gasteiger partial charge in [0.2, 0.25) is 0 Å². The monoisotopic (exact) mass is 297 g/mol. The van der Waals surface area contributed by atoms with Gasteiger partial charge in [0, 0.05) is 11.6 Å². The first-order valence-corrected chi connectivity index (χ1v) is 7.33. The normalized spacial score (nSPS) is 22.0. The smallest absolute Gasteiger partial charge is 0.165 e. The largest absolute Gasteiger partial charge is 0.493 e. The van der Waals surface area contributed by atoms with Crippen molar-refractivity contribution in [3.05, 3.63) is 23.3 Å². The molecule has 1 aliphatic carbocycles. The third-order valence-corrected chi connectivity index (χ3v) is 4.51. The Labute approximate surface area is 127 Å². The van der Waals surface area contributed by atoms with Gasteiger partial charge in [-0.2, -0.15) is 0 Å². The van der Waals surface area contributed by atoms with E-state index in [1.54, 1.807) is 14.2 Å². The van der Waals surface area contributed by atoms with Gasteiger partial charge < -0.3 is 9.47 Å². The van der Waals surface area contributed by atoms with Crippen LogP contribution < -0.4 is 9.47 Å². The van der Waals surface area contributed by atoms with Gasteiger partial charge in [0.1, 0.15) is 0 Å². The average Bonchev–Trinajstić information content (AvgIpc) is 2.99. The quantitative estimate of drug-likeness (QED) is 0.851. The van der Waals surface area contributed by atoms with E-state index in [1.807, 2.05) is 6.07 Å². The second kappa shape index (κ2) is 6.68. The second-order valence-corrected chi connectivity index (χ2v) is 5.52. The number of hydrogen-bond donors (Lipinski definition) is 0. The van der Waals surface area contributed by atoms with Crippen LogP contribution in [0.15, 0.2) is 12.1 Å². The zero-order chi connectivity index (χ0) is 13.2. The van der Waals surface area contributed by atoms with E-state index in [0.717, 1.165) is 11.5 Å². The molecule has 112 valence electrons. The minimum Gasteiger partial charge on any atom is -0.493 e. The van der Waals surface area contributed by atoms with Crippen LogP contribution in [0.3, 0.4) is 0 Å². The highest BCUT2D eigenvalue weighted by Crippen LogP contribution is 2.45. The maximum atomic E-state index is 5.67. The average molecular weight is 298 g/mol. The summed E-state index contributed by atoms with van der Waals surface area (Å²) >= 11 is 0.